The summed E-state index contributed by atoms with van der Waals surface area (Å²) >= 11 is 0. The van der Waals surface area contributed by atoms with Crippen LogP contribution in [-0.2, 0) is 31.2 Å². The van der Waals surface area contributed by atoms with Crippen molar-refractivity contribution in [3.63, 3.8) is 0 Å². The van der Waals surface area contributed by atoms with Gasteiger partial charge in [0.1, 0.15) is 6.29 Å². The first-order valence-corrected chi connectivity index (χ1v) is 15.2. The minimum atomic E-state index is -2.56. The first-order chi connectivity index (χ1) is 19.8. The van der Waals surface area contributed by atoms with E-state index in [9.17, 15) is 8.78 Å². The summed E-state index contributed by atoms with van der Waals surface area (Å²) in [7, 11) is 3.97. The molecule has 0 amide bonds. The molecule has 6 rings (SSSR count). The molecule has 3 aromatic rings. The third-order valence-electron chi connectivity index (χ3n) is 8.46. The van der Waals surface area contributed by atoms with Gasteiger partial charge in [0, 0.05) is 67.4 Å². The second kappa shape index (κ2) is 13.7. The van der Waals surface area contributed by atoms with Crippen molar-refractivity contribution >= 4 is 17.8 Å². The van der Waals surface area contributed by atoms with Crippen molar-refractivity contribution in [2.24, 2.45) is 13.0 Å². The summed E-state index contributed by atoms with van der Waals surface area (Å²) in [6, 6.07) is 4.14. The number of anilines is 2. The molecular weight excluding hydrogens is 522 g/mol. The number of benzene rings is 1. The van der Waals surface area contributed by atoms with Gasteiger partial charge in [0.25, 0.3) is 6.43 Å². The molecule has 1 aromatic carbocycles. The summed E-state index contributed by atoms with van der Waals surface area (Å²) in [5, 5.41) is 9.49. The van der Waals surface area contributed by atoms with Crippen LogP contribution in [0.5, 0.6) is 0 Å². The third-order valence-corrected chi connectivity index (χ3v) is 8.46. The molecular formula is C32H46F2N6O. The van der Waals surface area contributed by atoms with Gasteiger partial charge < -0.3 is 14.6 Å². The number of carbonyl (C=O) groups is 1. The Morgan fingerprint density at radius 1 is 1.05 bits per heavy atom. The molecule has 0 saturated heterocycles. The Bertz CT molecular complexity index is 1310. The molecule has 41 heavy (non-hydrogen) atoms. The van der Waals surface area contributed by atoms with Gasteiger partial charge in [0.2, 0.25) is 0 Å². The number of hydrogen-bond acceptors (Lipinski definition) is 5. The maximum absolute atomic E-state index is 14.4. The van der Waals surface area contributed by atoms with E-state index in [-0.39, 0.29) is 5.56 Å². The second-order valence-electron chi connectivity index (χ2n) is 11.4. The molecule has 0 atom stereocenters. The number of fused-ring (bicyclic) bond motifs is 2. The topological polar surface area (TPSA) is 59.2 Å². The Kier molecular flexibility index (Phi) is 10.3. The molecule has 2 aromatic heterocycles. The second-order valence-corrected chi connectivity index (χ2v) is 11.4. The average Bonchev–Trinajstić information content (AvgIpc) is 3.57. The van der Waals surface area contributed by atoms with Crippen molar-refractivity contribution in [1.29, 1.82) is 0 Å². The number of rotatable bonds is 4. The number of aromatic nitrogens is 4. The molecule has 1 saturated carbocycles. The number of aldehydes is 1. The highest BCUT2D eigenvalue weighted by atomic mass is 19.3. The minimum absolute atomic E-state index is 0.0698. The lowest BCUT2D eigenvalue weighted by Gasteiger charge is -2.33. The third kappa shape index (κ3) is 6.55. The highest BCUT2D eigenvalue weighted by Gasteiger charge is 2.33. The molecule has 1 aliphatic carbocycles. The molecule has 0 unspecified atom stereocenters. The summed E-state index contributed by atoms with van der Waals surface area (Å²) in [5.41, 5.74) is 6.04. The number of likely N-dealkylation sites (N-methyl/N-ethyl adjacent to an activating group) is 1. The first kappa shape index (κ1) is 30.9. The van der Waals surface area contributed by atoms with Crippen LogP contribution in [0.15, 0.2) is 24.5 Å². The van der Waals surface area contributed by atoms with Crippen molar-refractivity contribution in [3.8, 4) is 11.1 Å². The number of nitrogens with zero attached hydrogens (tertiary/aromatic N) is 6. The normalized spacial score (nSPS) is 20.4. The Morgan fingerprint density at radius 2 is 1.76 bits per heavy atom. The van der Waals surface area contributed by atoms with Gasteiger partial charge in [0.05, 0.1) is 12.2 Å². The zero-order valence-corrected chi connectivity index (χ0v) is 25.5. The van der Waals surface area contributed by atoms with Crippen LogP contribution in [0.25, 0.3) is 11.1 Å². The molecule has 3 aliphatic rings. The molecule has 0 radical (unpaired) electrons. The van der Waals surface area contributed by atoms with E-state index < -0.39 is 6.43 Å². The smallest absolute Gasteiger partial charge is 0.264 e. The van der Waals surface area contributed by atoms with E-state index in [4.69, 9.17) is 9.89 Å². The van der Waals surface area contributed by atoms with Gasteiger partial charge >= 0.3 is 0 Å². The van der Waals surface area contributed by atoms with Gasteiger partial charge in [-0.25, -0.2) is 8.78 Å². The fraction of sp³-hybridized carbons (Fsp3) is 0.594. The van der Waals surface area contributed by atoms with Crippen LogP contribution in [-0.4, -0.2) is 50.9 Å². The summed E-state index contributed by atoms with van der Waals surface area (Å²) in [5.74, 6) is 1.76. The minimum Gasteiger partial charge on any atom is -0.324 e. The van der Waals surface area contributed by atoms with Crippen molar-refractivity contribution < 1.29 is 13.6 Å². The maximum atomic E-state index is 14.4. The van der Waals surface area contributed by atoms with Crippen LogP contribution in [0, 0.1) is 5.92 Å². The number of aryl methyl sites for hydroxylation is 2. The van der Waals surface area contributed by atoms with E-state index >= 15 is 0 Å². The molecule has 9 heteroatoms. The van der Waals surface area contributed by atoms with Gasteiger partial charge in [-0.2, -0.15) is 10.2 Å². The van der Waals surface area contributed by atoms with E-state index in [0.29, 0.717) is 11.6 Å². The molecule has 7 nitrogen and oxygen atoms in total. The summed E-state index contributed by atoms with van der Waals surface area (Å²) < 4.78 is 32.7. The van der Waals surface area contributed by atoms with Crippen molar-refractivity contribution in [2.75, 3.05) is 25.0 Å². The molecule has 2 aliphatic heterocycles. The van der Waals surface area contributed by atoms with Crippen LogP contribution in [0.3, 0.4) is 0 Å². The molecule has 0 bridgehead atoms. The van der Waals surface area contributed by atoms with Gasteiger partial charge in [0.15, 0.2) is 5.82 Å². The van der Waals surface area contributed by atoms with E-state index in [1.807, 2.05) is 33.2 Å². The average molecular weight is 569 g/mol. The fourth-order valence-electron chi connectivity index (χ4n) is 6.43. The summed E-state index contributed by atoms with van der Waals surface area (Å²) in [6.07, 6.45) is 9.37. The molecule has 0 N–H and O–H groups in total. The summed E-state index contributed by atoms with van der Waals surface area (Å²) in [6.45, 7) is 10.5. The Balaban J connectivity index is 0.000000728. The van der Waals surface area contributed by atoms with Crippen molar-refractivity contribution in [3.05, 3.63) is 46.9 Å². The van der Waals surface area contributed by atoms with Crippen molar-refractivity contribution in [2.45, 2.75) is 91.7 Å². The Labute approximate surface area is 243 Å². The van der Waals surface area contributed by atoms with Crippen LogP contribution < -0.4 is 4.90 Å². The van der Waals surface area contributed by atoms with Crippen LogP contribution >= 0.6 is 0 Å². The van der Waals surface area contributed by atoms with Crippen LogP contribution in [0.4, 0.5) is 20.3 Å². The van der Waals surface area contributed by atoms with Gasteiger partial charge in [-0.3, -0.25) is 9.36 Å². The highest BCUT2D eigenvalue weighted by Crippen LogP contribution is 2.44. The van der Waals surface area contributed by atoms with Gasteiger partial charge in [-0.1, -0.05) is 20.8 Å². The summed E-state index contributed by atoms with van der Waals surface area (Å²) in [4.78, 5) is 13.4. The lowest BCUT2D eigenvalue weighted by atomic mass is 9.87. The largest absolute Gasteiger partial charge is 0.324 e. The maximum Gasteiger partial charge on any atom is 0.264 e. The lowest BCUT2D eigenvalue weighted by Crippen LogP contribution is -2.30. The number of alkyl halides is 2. The molecule has 0 spiro atoms. The molecule has 4 heterocycles. The Morgan fingerprint density at radius 3 is 2.39 bits per heavy atom. The van der Waals surface area contributed by atoms with E-state index in [0.717, 1.165) is 73.7 Å². The van der Waals surface area contributed by atoms with E-state index in [2.05, 4.69) is 33.6 Å². The number of hydrogen-bond donors (Lipinski definition) is 0. The zero-order valence-electron chi connectivity index (χ0n) is 25.5. The predicted molar refractivity (Wildman–Crippen MR) is 161 cm³/mol. The van der Waals surface area contributed by atoms with Gasteiger partial charge in [-0.05, 0) is 81.7 Å². The van der Waals surface area contributed by atoms with Crippen LogP contribution in [0.2, 0.25) is 0 Å². The zero-order chi connectivity index (χ0) is 29.7. The quantitative estimate of drug-likeness (QED) is 0.310. The fourth-order valence-corrected chi connectivity index (χ4v) is 6.43. The lowest BCUT2D eigenvalue weighted by molar-refractivity contribution is -0.106. The van der Waals surface area contributed by atoms with E-state index in [1.54, 1.807) is 16.9 Å². The predicted octanol–water partition coefficient (Wildman–Crippen LogP) is 7.28. The number of carbonyl (C=O) groups excluding carboxylic acids is 1. The van der Waals surface area contributed by atoms with Gasteiger partial charge in [-0.15, -0.1) is 0 Å². The highest BCUT2D eigenvalue weighted by molar-refractivity contribution is 5.76. The molecule has 1 fully saturated rings. The Hall–Kier alpha value is -3.07. The van der Waals surface area contributed by atoms with Crippen LogP contribution in [0.1, 0.15) is 94.7 Å². The first-order valence-electron chi connectivity index (χ1n) is 15.2. The number of halogens is 2. The standard InChI is InChI=1S/C28H36F2N6.C2H4O.C2H6/c1-18-6-8-21(9-7-18)36-25-10-12-33(2)17-24(25)28(32-36)35-11-4-5-19-13-22(20-15-31-34(3)16-20)23(27(29)30)14-26(19)35;1-2-3;1-2/h13-16,18,21,27H,4-12,17H2,1-3H3;2H,1H3;1-2H3. The van der Waals surface area contributed by atoms with Crippen molar-refractivity contribution in [1.82, 2.24) is 24.5 Å². The SMILES string of the molecule is CC.CC1CCC(n2nc(N3CCCc4cc(-c5cnn(C)c5)c(C(F)F)cc43)c3c2CCN(C)C3)CC1.CC=O. The molecule has 224 valence electrons. The van der Waals surface area contributed by atoms with E-state index in [1.165, 1.54) is 43.9 Å². The monoisotopic (exact) mass is 568 g/mol.